The number of likely N-dealkylation sites (tertiary alicyclic amines) is 1. The quantitative estimate of drug-likeness (QED) is 0.919. The van der Waals surface area contributed by atoms with Crippen LogP contribution in [0.1, 0.15) is 44.6 Å². The summed E-state index contributed by atoms with van der Waals surface area (Å²) in [4.78, 5) is 14.3. The van der Waals surface area contributed by atoms with Gasteiger partial charge in [-0.2, -0.15) is 5.10 Å². The lowest BCUT2D eigenvalue weighted by atomic mass is 9.72. The molecular weight excluding hydrogens is 264 g/mol. The zero-order valence-corrected chi connectivity index (χ0v) is 13.0. The average molecular weight is 290 g/mol. The fourth-order valence-electron chi connectivity index (χ4n) is 3.67. The van der Waals surface area contributed by atoms with Crippen molar-refractivity contribution in [3.8, 4) is 0 Å². The Balaban J connectivity index is 1.66. The number of hydrogen-bond acceptors (Lipinski definition) is 3. The molecule has 5 heteroatoms. The van der Waals surface area contributed by atoms with Crippen molar-refractivity contribution in [3.05, 3.63) is 18.0 Å². The Morgan fingerprint density at radius 2 is 2.14 bits per heavy atom. The number of carbonyl (C=O) groups is 1. The zero-order chi connectivity index (χ0) is 14.7. The molecule has 0 bridgehead atoms. The SMILES string of the molecule is CCCn1cc(CN2CC3(CCNCC3)CCC2=O)cn1. The van der Waals surface area contributed by atoms with Crippen LogP contribution in [-0.2, 0) is 17.9 Å². The van der Waals surface area contributed by atoms with Crippen molar-refractivity contribution in [2.75, 3.05) is 19.6 Å². The van der Waals surface area contributed by atoms with Crippen molar-refractivity contribution in [1.82, 2.24) is 20.0 Å². The second kappa shape index (κ2) is 6.18. The van der Waals surface area contributed by atoms with E-state index in [1.165, 1.54) is 12.8 Å². The van der Waals surface area contributed by atoms with Crippen molar-refractivity contribution < 1.29 is 4.79 Å². The topological polar surface area (TPSA) is 50.2 Å². The number of nitrogens with zero attached hydrogens (tertiary/aromatic N) is 3. The molecule has 3 rings (SSSR count). The van der Waals surface area contributed by atoms with Gasteiger partial charge in [-0.1, -0.05) is 6.92 Å². The minimum absolute atomic E-state index is 0.308. The number of nitrogens with one attached hydrogen (secondary N) is 1. The van der Waals surface area contributed by atoms with E-state index < -0.39 is 0 Å². The summed E-state index contributed by atoms with van der Waals surface area (Å²) < 4.78 is 1.98. The van der Waals surface area contributed by atoms with Gasteiger partial charge in [0.1, 0.15) is 0 Å². The van der Waals surface area contributed by atoms with Gasteiger partial charge in [0.15, 0.2) is 0 Å². The Bertz CT molecular complexity index is 490. The Hall–Kier alpha value is -1.36. The molecule has 1 amide bonds. The molecule has 0 unspecified atom stereocenters. The highest BCUT2D eigenvalue weighted by atomic mass is 16.2. The third kappa shape index (κ3) is 3.28. The largest absolute Gasteiger partial charge is 0.338 e. The second-order valence-corrected chi connectivity index (χ2v) is 6.61. The van der Waals surface area contributed by atoms with E-state index in [1.807, 2.05) is 10.9 Å². The van der Waals surface area contributed by atoms with Crippen LogP contribution in [0.4, 0.5) is 0 Å². The van der Waals surface area contributed by atoms with Crippen molar-refractivity contribution in [2.24, 2.45) is 5.41 Å². The normalized spacial score (nSPS) is 22.0. The van der Waals surface area contributed by atoms with E-state index in [1.54, 1.807) is 0 Å². The van der Waals surface area contributed by atoms with Crippen LogP contribution >= 0.6 is 0 Å². The molecule has 0 saturated carbocycles. The number of aromatic nitrogens is 2. The molecule has 1 N–H and O–H groups in total. The van der Waals surface area contributed by atoms with E-state index in [0.29, 0.717) is 17.7 Å². The van der Waals surface area contributed by atoms with Crippen molar-refractivity contribution in [2.45, 2.75) is 52.1 Å². The van der Waals surface area contributed by atoms with Gasteiger partial charge in [-0.3, -0.25) is 9.48 Å². The summed E-state index contributed by atoms with van der Waals surface area (Å²) in [5, 5.41) is 7.80. The molecule has 0 atom stereocenters. The molecule has 1 aromatic heterocycles. The molecule has 3 heterocycles. The molecule has 0 aromatic carbocycles. The lowest BCUT2D eigenvalue weighted by Crippen LogP contribution is -2.50. The van der Waals surface area contributed by atoms with E-state index in [-0.39, 0.29) is 0 Å². The van der Waals surface area contributed by atoms with Crippen molar-refractivity contribution in [1.29, 1.82) is 0 Å². The van der Waals surface area contributed by atoms with Gasteiger partial charge in [-0.25, -0.2) is 0 Å². The Kier molecular flexibility index (Phi) is 4.29. The maximum absolute atomic E-state index is 12.2. The average Bonchev–Trinajstić information content (AvgIpc) is 2.92. The molecule has 0 radical (unpaired) electrons. The first-order chi connectivity index (χ1) is 10.2. The summed E-state index contributed by atoms with van der Waals surface area (Å²) in [6.07, 6.45) is 9.26. The third-order valence-corrected chi connectivity index (χ3v) is 4.93. The van der Waals surface area contributed by atoms with Gasteiger partial charge in [-0.05, 0) is 44.2 Å². The van der Waals surface area contributed by atoms with Gasteiger partial charge in [0.05, 0.1) is 6.20 Å². The lowest BCUT2D eigenvalue weighted by molar-refractivity contribution is -0.139. The summed E-state index contributed by atoms with van der Waals surface area (Å²) in [7, 11) is 0. The van der Waals surface area contributed by atoms with E-state index in [9.17, 15) is 4.79 Å². The molecule has 1 aromatic rings. The molecule has 116 valence electrons. The molecule has 2 fully saturated rings. The van der Waals surface area contributed by atoms with Gasteiger partial charge in [0.25, 0.3) is 0 Å². The summed E-state index contributed by atoms with van der Waals surface area (Å²) >= 11 is 0. The number of carbonyl (C=O) groups excluding carboxylic acids is 1. The minimum Gasteiger partial charge on any atom is -0.338 e. The maximum Gasteiger partial charge on any atom is 0.222 e. The Morgan fingerprint density at radius 3 is 2.90 bits per heavy atom. The fraction of sp³-hybridized carbons (Fsp3) is 0.750. The predicted molar refractivity (Wildman–Crippen MR) is 81.7 cm³/mol. The standard InChI is InChI=1S/C16H26N4O/c1-2-9-20-12-14(10-18-20)11-19-13-16(4-3-15(19)21)5-7-17-8-6-16/h10,12,17H,2-9,11,13H2,1H3. The number of amides is 1. The monoisotopic (exact) mass is 290 g/mol. The number of piperidine rings is 2. The minimum atomic E-state index is 0.308. The lowest BCUT2D eigenvalue weighted by Gasteiger charge is -2.45. The third-order valence-electron chi connectivity index (χ3n) is 4.93. The maximum atomic E-state index is 12.2. The molecule has 2 saturated heterocycles. The first kappa shape index (κ1) is 14.6. The molecule has 1 spiro atoms. The van der Waals surface area contributed by atoms with E-state index in [2.05, 4.69) is 28.4 Å². The van der Waals surface area contributed by atoms with Crippen LogP contribution in [0.5, 0.6) is 0 Å². The highest BCUT2D eigenvalue weighted by Crippen LogP contribution is 2.38. The number of aryl methyl sites for hydroxylation is 1. The number of rotatable bonds is 4. The van der Waals surface area contributed by atoms with Gasteiger partial charge in [-0.15, -0.1) is 0 Å². The molecule has 2 aliphatic heterocycles. The van der Waals surface area contributed by atoms with Crippen LogP contribution < -0.4 is 5.32 Å². The summed E-state index contributed by atoms with van der Waals surface area (Å²) in [6, 6.07) is 0. The zero-order valence-electron chi connectivity index (χ0n) is 13.0. The molecular formula is C16H26N4O. The summed E-state index contributed by atoms with van der Waals surface area (Å²) in [5.74, 6) is 0.308. The van der Waals surface area contributed by atoms with Gasteiger partial charge in [0, 0.05) is 37.8 Å². The first-order valence-electron chi connectivity index (χ1n) is 8.21. The second-order valence-electron chi connectivity index (χ2n) is 6.61. The Labute approximate surface area is 126 Å². The fourth-order valence-corrected chi connectivity index (χ4v) is 3.67. The smallest absolute Gasteiger partial charge is 0.222 e. The molecule has 2 aliphatic rings. The van der Waals surface area contributed by atoms with Gasteiger partial charge < -0.3 is 10.2 Å². The molecule has 21 heavy (non-hydrogen) atoms. The van der Waals surface area contributed by atoms with Crippen molar-refractivity contribution >= 4 is 5.91 Å². The van der Waals surface area contributed by atoms with Crippen LogP contribution in [0, 0.1) is 5.41 Å². The summed E-state index contributed by atoms with van der Waals surface area (Å²) in [5.41, 5.74) is 1.52. The van der Waals surface area contributed by atoms with Crippen LogP contribution in [0.15, 0.2) is 12.4 Å². The van der Waals surface area contributed by atoms with Crippen LogP contribution in [-0.4, -0.2) is 40.2 Å². The van der Waals surface area contributed by atoms with E-state index >= 15 is 0 Å². The molecule has 5 nitrogen and oxygen atoms in total. The first-order valence-corrected chi connectivity index (χ1v) is 8.21. The highest BCUT2D eigenvalue weighted by molar-refractivity contribution is 5.77. The van der Waals surface area contributed by atoms with Gasteiger partial charge >= 0.3 is 0 Å². The van der Waals surface area contributed by atoms with Crippen molar-refractivity contribution in [3.63, 3.8) is 0 Å². The molecule has 0 aliphatic carbocycles. The highest BCUT2D eigenvalue weighted by Gasteiger charge is 2.39. The summed E-state index contributed by atoms with van der Waals surface area (Å²) in [6.45, 7) is 6.93. The van der Waals surface area contributed by atoms with E-state index in [0.717, 1.165) is 51.1 Å². The predicted octanol–water partition coefficient (Wildman–Crippen LogP) is 1.79. The Morgan fingerprint density at radius 1 is 1.33 bits per heavy atom. The van der Waals surface area contributed by atoms with Crippen LogP contribution in [0.3, 0.4) is 0 Å². The van der Waals surface area contributed by atoms with E-state index in [4.69, 9.17) is 0 Å². The number of hydrogen-bond donors (Lipinski definition) is 1. The van der Waals surface area contributed by atoms with Crippen LogP contribution in [0.2, 0.25) is 0 Å². The van der Waals surface area contributed by atoms with Crippen LogP contribution in [0.25, 0.3) is 0 Å². The van der Waals surface area contributed by atoms with Gasteiger partial charge in [0.2, 0.25) is 5.91 Å².